The zero-order valence-corrected chi connectivity index (χ0v) is 18.8. The van der Waals surface area contributed by atoms with Crippen molar-refractivity contribution >= 4 is 28.8 Å². The Bertz CT molecular complexity index is 1290. The van der Waals surface area contributed by atoms with Crippen molar-refractivity contribution in [2.24, 2.45) is 0 Å². The van der Waals surface area contributed by atoms with Gasteiger partial charge in [0.2, 0.25) is 5.91 Å². The van der Waals surface area contributed by atoms with E-state index in [0.717, 1.165) is 29.5 Å². The van der Waals surface area contributed by atoms with Gasteiger partial charge in [-0.1, -0.05) is 0 Å². The summed E-state index contributed by atoms with van der Waals surface area (Å²) in [6.45, 7) is -0.923. The Labute approximate surface area is 195 Å². The Balaban J connectivity index is 1.73. The summed E-state index contributed by atoms with van der Waals surface area (Å²) < 4.78 is 58.7. The third-order valence-electron chi connectivity index (χ3n) is 5.31. The van der Waals surface area contributed by atoms with E-state index in [1.165, 1.54) is 20.3 Å². The van der Waals surface area contributed by atoms with Crippen LogP contribution in [0.25, 0.3) is 0 Å². The zero-order chi connectivity index (χ0) is 24.6. The molecule has 0 unspecified atom stereocenters. The molecule has 1 N–H and O–H groups in total. The van der Waals surface area contributed by atoms with Crippen LogP contribution in [0.5, 0.6) is 17.2 Å². The van der Waals surface area contributed by atoms with Crippen LogP contribution in [-0.2, 0) is 24.4 Å². The van der Waals surface area contributed by atoms with Gasteiger partial charge in [-0.3, -0.25) is 9.59 Å². The van der Waals surface area contributed by atoms with E-state index >= 15 is 0 Å². The minimum atomic E-state index is -1.18. The number of rotatable bonds is 7. The summed E-state index contributed by atoms with van der Waals surface area (Å²) in [7, 11) is 2.52. The average Bonchev–Trinajstić information content (AvgIpc) is 3.24. The molecule has 0 aliphatic carbocycles. The molecule has 2 amide bonds. The van der Waals surface area contributed by atoms with Crippen LogP contribution < -0.4 is 19.1 Å². The Morgan fingerprint density at radius 2 is 1.76 bits per heavy atom. The van der Waals surface area contributed by atoms with Gasteiger partial charge in [0.1, 0.15) is 12.4 Å². The van der Waals surface area contributed by atoms with Crippen LogP contribution in [0.4, 0.5) is 18.9 Å². The van der Waals surface area contributed by atoms with E-state index in [1.807, 2.05) is 0 Å². The highest BCUT2D eigenvalue weighted by Crippen LogP contribution is 2.39. The summed E-state index contributed by atoms with van der Waals surface area (Å²) in [4.78, 5) is 26.8. The third kappa shape index (κ3) is 3.97. The maximum atomic E-state index is 15.0. The summed E-state index contributed by atoms with van der Waals surface area (Å²) in [5.74, 6) is -4.87. The first-order chi connectivity index (χ1) is 16.3. The highest BCUT2D eigenvalue weighted by atomic mass is 32.1. The minimum absolute atomic E-state index is 0.0307. The van der Waals surface area contributed by atoms with Gasteiger partial charge in [-0.05, 0) is 23.1 Å². The summed E-state index contributed by atoms with van der Waals surface area (Å²) in [6.07, 6.45) is -0.162. The first-order valence-electron chi connectivity index (χ1n) is 9.89. The topological polar surface area (TPSA) is 85.3 Å². The van der Waals surface area contributed by atoms with Crippen molar-refractivity contribution in [2.45, 2.75) is 19.6 Å². The standard InChI is InChI=1S/C23H18F3NO6S/c1-31-16-4-3-13(24)22(26)12(16)9-33-18-7-15(14(25)6-17(18)32-2)27-20(29)5-11-10-34-19(8-28)21(11)23(27)30/h3-4,6-7,10,28H,5,8-9H2,1-2H3. The van der Waals surface area contributed by atoms with Gasteiger partial charge in [0, 0.05) is 17.0 Å². The van der Waals surface area contributed by atoms with Gasteiger partial charge >= 0.3 is 0 Å². The van der Waals surface area contributed by atoms with Crippen molar-refractivity contribution in [3.63, 3.8) is 0 Å². The van der Waals surface area contributed by atoms with E-state index in [9.17, 15) is 27.9 Å². The smallest absolute Gasteiger partial charge is 0.266 e. The zero-order valence-electron chi connectivity index (χ0n) is 18.0. The molecule has 1 aromatic heterocycles. The number of halogens is 3. The number of amides is 2. The van der Waals surface area contributed by atoms with Gasteiger partial charge in [0.25, 0.3) is 5.91 Å². The maximum absolute atomic E-state index is 15.0. The largest absolute Gasteiger partial charge is 0.496 e. The van der Waals surface area contributed by atoms with Gasteiger partial charge in [0.15, 0.2) is 29.0 Å². The summed E-state index contributed by atoms with van der Waals surface area (Å²) >= 11 is 1.13. The van der Waals surface area contributed by atoms with Gasteiger partial charge in [-0.25, -0.2) is 18.1 Å². The molecule has 3 aromatic rings. The maximum Gasteiger partial charge on any atom is 0.266 e. The average molecular weight is 493 g/mol. The predicted octanol–water partition coefficient (Wildman–Crippen LogP) is 3.98. The number of anilines is 1. The Kier molecular flexibility index (Phi) is 6.49. The summed E-state index contributed by atoms with van der Waals surface area (Å²) in [5, 5.41) is 11.1. The fourth-order valence-corrected chi connectivity index (χ4v) is 4.57. The number of hydrogen-bond acceptors (Lipinski definition) is 7. The van der Waals surface area contributed by atoms with E-state index in [1.54, 1.807) is 5.38 Å². The first kappa shape index (κ1) is 23.6. The number of imide groups is 1. The van der Waals surface area contributed by atoms with Gasteiger partial charge in [0.05, 0.1) is 44.1 Å². The van der Waals surface area contributed by atoms with E-state index in [4.69, 9.17) is 14.2 Å². The number of fused-ring (bicyclic) bond motifs is 1. The van der Waals surface area contributed by atoms with Crippen molar-refractivity contribution in [1.82, 2.24) is 0 Å². The van der Waals surface area contributed by atoms with Crippen LogP contribution >= 0.6 is 11.3 Å². The van der Waals surface area contributed by atoms with Gasteiger partial charge < -0.3 is 19.3 Å². The second kappa shape index (κ2) is 9.35. The van der Waals surface area contributed by atoms with Crippen LogP contribution in [0.3, 0.4) is 0 Å². The quantitative estimate of drug-likeness (QED) is 0.502. The van der Waals surface area contributed by atoms with Crippen molar-refractivity contribution in [3.05, 3.63) is 68.7 Å². The number of thiophene rings is 1. The normalized spacial score (nSPS) is 13.2. The number of carbonyl (C=O) groups is 2. The van der Waals surface area contributed by atoms with Crippen molar-refractivity contribution in [1.29, 1.82) is 0 Å². The van der Waals surface area contributed by atoms with Crippen molar-refractivity contribution in [3.8, 4) is 17.2 Å². The molecule has 4 rings (SSSR count). The second-order valence-corrected chi connectivity index (χ2v) is 8.18. The Hall–Kier alpha value is -3.57. The monoisotopic (exact) mass is 493 g/mol. The molecule has 2 heterocycles. The highest BCUT2D eigenvalue weighted by Gasteiger charge is 2.37. The van der Waals surface area contributed by atoms with Gasteiger partial charge in [-0.2, -0.15) is 0 Å². The summed E-state index contributed by atoms with van der Waals surface area (Å²) in [5.41, 5.74) is -0.0232. The number of ether oxygens (including phenoxy) is 3. The molecule has 0 radical (unpaired) electrons. The van der Waals surface area contributed by atoms with Crippen LogP contribution in [0.1, 0.15) is 26.4 Å². The number of aliphatic hydroxyl groups excluding tert-OH is 1. The SMILES string of the molecule is COc1cc(F)c(N2C(=O)Cc3csc(CO)c3C2=O)cc1OCc1c(OC)ccc(F)c1F. The lowest BCUT2D eigenvalue weighted by atomic mass is 10.0. The first-order valence-corrected chi connectivity index (χ1v) is 10.8. The molecule has 11 heteroatoms. The molecule has 7 nitrogen and oxygen atoms in total. The molecule has 0 bridgehead atoms. The number of benzene rings is 2. The van der Waals surface area contributed by atoms with E-state index < -0.39 is 48.2 Å². The molecule has 0 spiro atoms. The molecule has 1 aliphatic heterocycles. The lowest BCUT2D eigenvalue weighted by molar-refractivity contribution is -0.117. The fraction of sp³-hybridized carbons (Fsp3) is 0.217. The Morgan fingerprint density at radius 3 is 2.44 bits per heavy atom. The van der Waals surface area contributed by atoms with Crippen LogP contribution in [-0.4, -0.2) is 31.1 Å². The van der Waals surface area contributed by atoms with E-state index in [-0.39, 0.29) is 34.8 Å². The number of carbonyl (C=O) groups excluding carboxylic acids is 2. The predicted molar refractivity (Wildman–Crippen MR) is 116 cm³/mol. The number of aliphatic hydroxyl groups is 1. The molecule has 34 heavy (non-hydrogen) atoms. The molecule has 0 atom stereocenters. The third-order valence-corrected chi connectivity index (χ3v) is 6.33. The molecule has 0 saturated carbocycles. The van der Waals surface area contributed by atoms with Crippen LogP contribution in [0, 0.1) is 17.5 Å². The molecule has 2 aromatic carbocycles. The van der Waals surface area contributed by atoms with Crippen LogP contribution in [0.15, 0.2) is 29.6 Å². The molecular formula is C23H18F3NO6S. The fourth-order valence-electron chi connectivity index (χ4n) is 3.67. The van der Waals surface area contributed by atoms with Gasteiger partial charge in [-0.15, -0.1) is 11.3 Å². The molecule has 1 aliphatic rings. The Morgan fingerprint density at radius 1 is 1.03 bits per heavy atom. The molecule has 0 fully saturated rings. The van der Waals surface area contributed by atoms with Crippen molar-refractivity contribution < 1.29 is 42.1 Å². The summed E-state index contributed by atoms with van der Waals surface area (Å²) in [6, 6.07) is 4.12. The second-order valence-electron chi connectivity index (χ2n) is 7.21. The highest BCUT2D eigenvalue weighted by molar-refractivity contribution is 7.10. The molecule has 178 valence electrons. The molecule has 0 saturated heterocycles. The molecular weight excluding hydrogens is 475 g/mol. The number of hydrogen-bond donors (Lipinski definition) is 1. The van der Waals surface area contributed by atoms with E-state index in [0.29, 0.717) is 15.3 Å². The minimum Gasteiger partial charge on any atom is -0.496 e. The lowest BCUT2D eigenvalue weighted by Gasteiger charge is -2.27. The lowest BCUT2D eigenvalue weighted by Crippen LogP contribution is -2.43. The number of nitrogens with zero attached hydrogens (tertiary/aromatic N) is 1. The van der Waals surface area contributed by atoms with E-state index in [2.05, 4.69) is 0 Å². The van der Waals surface area contributed by atoms with Crippen LogP contribution in [0.2, 0.25) is 0 Å². The number of methoxy groups -OCH3 is 2. The van der Waals surface area contributed by atoms with Crippen molar-refractivity contribution in [2.75, 3.05) is 19.1 Å².